The van der Waals surface area contributed by atoms with Crippen molar-refractivity contribution in [3.05, 3.63) is 142 Å². The number of benzene rings is 4. The summed E-state index contributed by atoms with van der Waals surface area (Å²) in [6, 6.07) is 27.3. The number of carbonyl (C=O) groups is 8. The van der Waals surface area contributed by atoms with Crippen LogP contribution in [0.25, 0.3) is 0 Å². The van der Waals surface area contributed by atoms with Gasteiger partial charge in [-0.05, 0) is 99.9 Å². The van der Waals surface area contributed by atoms with Crippen molar-refractivity contribution in [3.63, 3.8) is 0 Å². The van der Waals surface area contributed by atoms with Crippen molar-refractivity contribution in [1.82, 2.24) is 19.6 Å². The van der Waals surface area contributed by atoms with Gasteiger partial charge in [0.15, 0.2) is 0 Å². The first-order chi connectivity index (χ1) is 29.6. The van der Waals surface area contributed by atoms with Gasteiger partial charge >= 0.3 is 0 Å². The van der Waals surface area contributed by atoms with E-state index in [9.17, 15) is 38.4 Å². The maximum absolute atomic E-state index is 13.1. The number of quaternary nitrogens is 1. The highest BCUT2D eigenvalue weighted by molar-refractivity contribution is 6.23. The van der Waals surface area contributed by atoms with Gasteiger partial charge in [0.25, 0.3) is 47.3 Å². The Morgan fingerprint density at radius 1 is 0.274 bits per heavy atom. The van der Waals surface area contributed by atoms with Gasteiger partial charge < -0.3 is 28.5 Å². The Kier molecular flexibility index (Phi) is 13.6. The summed E-state index contributed by atoms with van der Waals surface area (Å²) in [5, 5.41) is 0. The lowest BCUT2D eigenvalue weighted by atomic mass is 10.1. The summed E-state index contributed by atoms with van der Waals surface area (Å²) in [6.07, 6.45) is 5.03. The minimum atomic E-state index is -0.296. The van der Waals surface area contributed by atoms with E-state index in [2.05, 4.69) is 0 Å². The fourth-order valence-electron chi connectivity index (χ4n) is 9.31. The number of hydrogen-bond donors (Lipinski definition) is 0. The van der Waals surface area contributed by atoms with Crippen LogP contribution < -0.4 is 24.0 Å². The van der Waals surface area contributed by atoms with Gasteiger partial charge in [-0.1, -0.05) is 48.5 Å². The molecule has 4 aliphatic rings. The van der Waals surface area contributed by atoms with Crippen molar-refractivity contribution in [2.24, 2.45) is 0 Å². The van der Waals surface area contributed by atoms with E-state index in [-0.39, 0.29) is 97.4 Å². The number of imide groups is 4. The predicted octanol–water partition coefficient (Wildman–Crippen LogP) is 3.11. The molecule has 4 aromatic rings. The van der Waals surface area contributed by atoms with E-state index in [4.69, 9.17) is 0 Å². The van der Waals surface area contributed by atoms with Crippen molar-refractivity contribution >= 4 is 47.3 Å². The van der Waals surface area contributed by atoms with Gasteiger partial charge in [-0.3, -0.25) is 58.0 Å². The third-order valence-corrected chi connectivity index (χ3v) is 12.6. The van der Waals surface area contributed by atoms with Crippen LogP contribution >= 0.6 is 0 Å². The van der Waals surface area contributed by atoms with Gasteiger partial charge in [0.05, 0.1) is 70.7 Å². The average Bonchev–Trinajstić information content (AvgIpc) is 3.87. The van der Waals surface area contributed by atoms with Crippen molar-refractivity contribution in [3.8, 4) is 0 Å². The summed E-state index contributed by atoms with van der Waals surface area (Å²) in [5.74, 6) is -2.36. The molecular formula is C48H48IN5O8. The first-order valence-corrected chi connectivity index (χ1v) is 21.3. The summed E-state index contributed by atoms with van der Waals surface area (Å²) in [4.78, 5) is 110. The third-order valence-electron chi connectivity index (χ3n) is 12.6. The lowest BCUT2D eigenvalue weighted by Gasteiger charge is -2.40. The van der Waals surface area contributed by atoms with Crippen LogP contribution in [0.3, 0.4) is 0 Å². The molecule has 0 radical (unpaired) electrons. The number of nitrogens with zero attached hydrogens (tertiary/aromatic N) is 5. The largest absolute Gasteiger partial charge is 1.00 e. The molecule has 0 N–H and O–H groups in total. The molecule has 62 heavy (non-hydrogen) atoms. The first-order valence-electron chi connectivity index (χ1n) is 21.3. The number of amides is 8. The van der Waals surface area contributed by atoms with Gasteiger partial charge in [0.2, 0.25) is 0 Å². The maximum atomic E-state index is 13.1. The topological polar surface area (TPSA) is 150 Å². The minimum Gasteiger partial charge on any atom is -1.00 e. The van der Waals surface area contributed by atoms with E-state index < -0.39 is 0 Å². The highest BCUT2D eigenvalue weighted by Gasteiger charge is 2.39. The molecule has 0 fully saturated rings. The number of halogens is 1. The third kappa shape index (κ3) is 8.49. The summed E-state index contributed by atoms with van der Waals surface area (Å²) < 4.78 is 0.620. The second kappa shape index (κ2) is 19.0. The van der Waals surface area contributed by atoms with E-state index in [0.717, 1.165) is 0 Å². The lowest BCUT2D eigenvalue weighted by molar-refractivity contribution is -0.929. The molecule has 8 amide bonds. The molecule has 0 unspecified atom stereocenters. The zero-order chi connectivity index (χ0) is 42.7. The van der Waals surface area contributed by atoms with E-state index in [0.29, 0.717) is 127 Å². The molecule has 0 spiro atoms. The summed E-state index contributed by atoms with van der Waals surface area (Å²) >= 11 is 0. The number of unbranched alkanes of at least 4 members (excludes halogenated alkanes) is 4. The molecule has 0 saturated carbocycles. The van der Waals surface area contributed by atoms with E-state index >= 15 is 0 Å². The van der Waals surface area contributed by atoms with Crippen molar-refractivity contribution in [2.75, 3.05) is 52.4 Å². The fourth-order valence-corrected chi connectivity index (χ4v) is 9.31. The fraction of sp³-hybridized carbons (Fsp3) is 0.333. The Morgan fingerprint density at radius 2 is 0.435 bits per heavy atom. The van der Waals surface area contributed by atoms with Crippen LogP contribution in [-0.4, -0.2) is 124 Å². The molecule has 0 atom stereocenters. The molecule has 13 nitrogen and oxygen atoms in total. The van der Waals surface area contributed by atoms with Crippen molar-refractivity contribution < 1.29 is 66.8 Å². The first kappa shape index (κ1) is 44.2. The molecule has 4 heterocycles. The molecule has 0 aliphatic carbocycles. The average molecular weight is 950 g/mol. The molecule has 8 rings (SSSR count). The Labute approximate surface area is 377 Å². The second-order valence-corrected chi connectivity index (χ2v) is 16.3. The molecule has 0 aromatic heterocycles. The summed E-state index contributed by atoms with van der Waals surface area (Å²) in [7, 11) is 0. The number of carbonyl (C=O) groups excluding carboxylic acids is 8. The Morgan fingerprint density at radius 3 is 0.597 bits per heavy atom. The van der Waals surface area contributed by atoms with Crippen LogP contribution in [0, 0.1) is 0 Å². The molecule has 320 valence electrons. The SMILES string of the molecule is O=C1c2ccccc2C(=O)N1CCCC[N+](CCCCN1C(=O)c2ccccc2C1=O)(CCCCN1C(=O)c2ccccc2C1=O)CCCCN1C(=O)c2ccccc2C1=O.[I-]. The molecule has 14 heteroatoms. The molecular weight excluding hydrogens is 901 g/mol. The number of fused-ring (bicyclic) bond motifs is 4. The minimum absolute atomic E-state index is 0. The molecule has 0 bridgehead atoms. The van der Waals surface area contributed by atoms with Crippen LogP contribution in [0.5, 0.6) is 0 Å². The predicted molar refractivity (Wildman–Crippen MR) is 224 cm³/mol. The Hall–Kier alpha value is -5.87. The van der Waals surface area contributed by atoms with Crippen LogP contribution in [0.1, 0.15) is 134 Å². The van der Waals surface area contributed by atoms with Crippen LogP contribution in [-0.2, 0) is 0 Å². The maximum Gasteiger partial charge on any atom is 0.261 e. The Balaban J connectivity index is 0.00000578. The quantitative estimate of drug-likeness (QED) is 0.0569. The van der Waals surface area contributed by atoms with Gasteiger partial charge in [0.1, 0.15) is 0 Å². The van der Waals surface area contributed by atoms with Gasteiger partial charge in [-0.25, -0.2) is 0 Å². The van der Waals surface area contributed by atoms with Gasteiger partial charge in [0, 0.05) is 26.2 Å². The lowest BCUT2D eigenvalue weighted by Crippen LogP contribution is -3.00. The van der Waals surface area contributed by atoms with Gasteiger partial charge in [-0.2, -0.15) is 0 Å². The van der Waals surface area contributed by atoms with Crippen molar-refractivity contribution in [1.29, 1.82) is 0 Å². The van der Waals surface area contributed by atoms with Crippen LogP contribution in [0.15, 0.2) is 97.1 Å². The van der Waals surface area contributed by atoms with E-state index in [1.807, 2.05) is 0 Å². The molecule has 4 aliphatic heterocycles. The molecule has 0 saturated heterocycles. The number of rotatable bonds is 20. The van der Waals surface area contributed by atoms with Crippen molar-refractivity contribution in [2.45, 2.75) is 51.4 Å². The number of hydrogen-bond acceptors (Lipinski definition) is 8. The summed E-state index contributed by atoms with van der Waals surface area (Å²) in [5.41, 5.74) is 3.27. The van der Waals surface area contributed by atoms with Crippen LogP contribution in [0.2, 0.25) is 0 Å². The zero-order valence-corrected chi connectivity index (χ0v) is 36.6. The smallest absolute Gasteiger partial charge is 0.261 e. The second-order valence-electron chi connectivity index (χ2n) is 16.3. The van der Waals surface area contributed by atoms with E-state index in [1.54, 1.807) is 97.1 Å². The monoisotopic (exact) mass is 949 g/mol. The summed E-state index contributed by atoms with van der Waals surface area (Å²) in [6.45, 7) is 3.84. The highest BCUT2D eigenvalue weighted by atomic mass is 127. The van der Waals surface area contributed by atoms with Crippen LogP contribution in [0.4, 0.5) is 0 Å². The zero-order valence-electron chi connectivity index (χ0n) is 34.4. The normalized spacial score (nSPS) is 15.5. The molecule has 4 aromatic carbocycles. The van der Waals surface area contributed by atoms with Gasteiger partial charge in [-0.15, -0.1) is 0 Å². The Bertz CT molecular complexity index is 1990. The van der Waals surface area contributed by atoms with E-state index in [1.165, 1.54) is 19.6 Å². The standard InChI is InChI=1S/C48H48N5O8.HI/c54-41-33-17-1-2-18-34(33)42(55)49(41)25-9-13-29-53(30-14-10-26-50-43(56)35-19-3-4-20-36(35)44(50)57,31-15-11-27-51-45(58)37-21-5-6-22-38(37)46(51)59)32-16-12-28-52-47(60)39-23-7-8-24-40(39)48(52)61;/h1-8,17-24H,9-16,25-32H2;1H/q+1;/p-1. The highest BCUT2D eigenvalue weighted by Crippen LogP contribution is 2.28.